The third kappa shape index (κ3) is 6.72. The van der Waals surface area contributed by atoms with Crippen LogP contribution < -0.4 is 5.56 Å². The van der Waals surface area contributed by atoms with Crippen LogP contribution in [0.5, 0.6) is 5.88 Å². The van der Waals surface area contributed by atoms with E-state index >= 15 is 0 Å². The monoisotopic (exact) mass is 492 g/mol. The van der Waals surface area contributed by atoms with Crippen LogP contribution in [0.2, 0.25) is 0 Å². The predicted molar refractivity (Wildman–Crippen MR) is 134 cm³/mol. The van der Waals surface area contributed by atoms with Gasteiger partial charge >= 0.3 is 0 Å². The van der Waals surface area contributed by atoms with Crippen molar-refractivity contribution in [2.75, 3.05) is 54.9 Å². The number of sulfonamides is 1. The molecule has 0 aliphatic carbocycles. The van der Waals surface area contributed by atoms with Crippen LogP contribution in [0.15, 0.2) is 44.2 Å². The average molecular weight is 493 g/mol. The topological polar surface area (TPSA) is 111 Å². The highest BCUT2D eigenvalue weighted by atomic mass is 32.2. The van der Waals surface area contributed by atoms with Gasteiger partial charge in [0.15, 0.2) is 11.6 Å². The zero-order valence-corrected chi connectivity index (χ0v) is 21.9. The van der Waals surface area contributed by atoms with E-state index in [-0.39, 0.29) is 16.5 Å². The number of aromatic nitrogens is 1. The molecule has 1 aromatic carbocycles. The van der Waals surface area contributed by atoms with E-state index < -0.39 is 15.6 Å². The third-order valence-corrected chi connectivity index (χ3v) is 7.49. The normalized spacial score (nSPS) is 12.5. The van der Waals surface area contributed by atoms with Crippen LogP contribution in [0.3, 0.4) is 0 Å². The maximum atomic E-state index is 13.0. The Morgan fingerprint density at radius 1 is 0.882 bits per heavy atom. The van der Waals surface area contributed by atoms with Crippen molar-refractivity contribution in [3.8, 4) is 5.88 Å². The van der Waals surface area contributed by atoms with Gasteiger partial charge in [-0.3, -0.25) is 9.36 Å². The minimum absolute atomic E-state index is 0.0619. The molecule has 0 amide bonds. The van der Waals surface area contributed by atoms with Crippen molar-refractivity contribution in [3.05, 3.63) is 45.7 Å². The zero-order valence-electron chi connectivity index (χ0n) is 21.1. The molecule has 1 N–H and O–H groups in total. The van der Waals surface area contributed by atoms with Gasteiger partial charge in [-0.1, -0.05) is 0 Å². The molecule has 0 radical (unpaired) electrons. The molecule has 0 bridgehead atoms. The summed E-state index contributed by atoms with van der Waals surface area (Å²) >= 11 is 0. The fourth-order valence-corrected chi connectivity index (χ4v) is 4.40. The van der Waals surface area contributed by atoms with Crippen LogP contribution in [0.1, 0.15) is 17.5 Å². The van der Waals surface area contributed by atoms with Crippen molar-refractivity contribution in [1.82, 2.24) is 18.7 Å². The van der Waals surface area contributed by atoms with Crippen molar-refractivity contribution in [3.63, 3.8) is 0 Å². The first kappa shape index (κ1) is 27.6. The van der Waals surface area contributed by atoms with Crippen LogP contribution in [0.4, 0.5) is 11.4 Å². The van der Waals surface area contributed by atoms with Crippen molar-refractivity contribution < 1.29 is 13.5 Å². The molecule has 2 aromatic rings. The highest BCUT2D eigenvalue weighted by Crippen LogP contribution is 2.27. The van der Waals surface area contributed by atoms with E-state index in [0.717, 1.165) is 6.54 Å². The summed E-state index contributed by atoms with van der Waals surface area (Å²) in [6, 6.07) is 6.05. The standard InChI is InChI=1S/C23H36N6O4S/c1-17-18(2)22(30)29(14-8-13-26(3)4)23(31)21(17)25-24-19-9-11-20(12-10-19)34(32,33)28(7)16-15-27(5)6/h9-12,30H,8,13-16H2,1-7H3. The van der Waals surface area contributed by atoms with Crippen LogP contribution in [-0.4, -0.2) is 87.1 Å². The predicted octanol–water partition coefficient (Wildman–Crippen LogP) is 2.72. The molecule has 10 nitrogen and oxygen atoms in total. The van der Waals surface area contributed by atoms with Gasteiger partial charge in [-0.15, -0.1) is 5.11 Å². The quantitative estimate of drug-likeness (QED) is 0.483. The Balaban J connectivity index is 2.28. The van der Waals surface area contributed by atoms with Crippen LogP contribution in [0, 0.1) is 13.8 Å². The van der Waals surface area contributed by atoms with E-state index in [1.165, 1.54) is 21.0 Å². The molecule has 1 aromatic heterocycles. The van der Waals surface area contributed by atoms with E-state index in [2.05, 4.69) is 10.2 Å². The van der Waals surface area contributed by atoms with Gasteiger partial charge in [-0.25, -0.2) is 8.42 Å². The maximum Gasteiger partial charge on any atom is 0.281 e. The number of nitrogens with zero attached hydrogens (tertiary/aromatic N) is 6. The Morgan fingerprint density at radius 3 is 2.03 bits per heavy atom. The molecule has 0 saturated heterocycles. The van der Waals surface area contributed by atoms with Gasteiger partial charge in [0, 0.05) is 32.2 Å². The lowest BCUT2D eigenvalue weighted by Gasteiger charge is -2.19. The summed E-state index contributed by atoms with van der Waals surface area (Å²) in [6.45, 7) is 5.57. The lowest BCUT2D eigenvalue weighted by atomic mass is 10.1. The zero-order chi connectivity index (χ0) is 25.6. The van der Waals surface area contributed by atoms with Crippen LogP contribution >= 0.6 is 0 Å². The van der Waals surface area contributed by atoms with Crippen LogP contribution in [-0.2, 0) is 16.6 Å². The number of hydrogen-bond donors (Lipinski definition) is 1. The van der Waals surface area contributed by atoms with Gasteiger partial charge in [-0.05, 0) is 84.8 Å². The molecule has 0 aliphatic rings. The van der Waals surface area contributed by atoms with Crippen molar-refractivity contribution in [2.45, 2.75) is 31.7 Å². The van der Waals surface area contributed by atoms with E-state index in [9.17, 15) is 18.3 Å². The fraction of sp³-hybridized carbons (Fsp3) is 0.522. The van der Waals surface area contributed by atoms with Gasteiger partial charge in [0.25, 0.3) is 5.56 Å². The molecule has 34 heavy (non-hydrogen) atoms. The van der Waals surface area contributed by atoms with Gasteiger partial charge in [0.1, 0.15) is 0 Å². The highest BCUT2D eigenvalue weighted by molar-refractivity contribution is 7.89. The van der Waals surface area contributed by atoms with Gasteiger partial charge in [-0.2, -0.15) is 9.42 Å². The highest BCUT2D eigenvalue weighted by Gasteiger charge is 2.20. The van der Waals surface area contributed by atoms with E-state index in [4.69, 9.17) is 0 Å². The summed E-state index contributed by atoms with van der Waals surface area (Å²) in [6.07, 6.45) is 0.693. The number of likely N-dealkylation sites (N-methyl/N-ethyl adjacent to an activating group) is 2. The summed E-state index contributed by atoms with van der Waals surface area (Å²) in [5.74, 6) is -0.0619. The molecule has 2 rings (SSSR count). The molecular formula is C23H36N6O4S. The van der Waals surface area contributed by atoms with E-state index in [1.54, 1.807) is 33.0 Å². The van der Waals surface area contributed by atoms with Crippen LogP contribution in [0.25, 0.3) is 0 Å². The lowest BCUT2D eigenvalue weighted by Crippen LogP contribution is -2.33. The Morgan fingerprint density at radius 2 is 1.47 bits per heavy atom. The second kappa shape index (κ2) is 11.7. The van der Waals surface area contributed by atoms with Gasteiger partial charge in [0.05, 0.1) is 10.6 Å². The minimum atomic E-state index is -3.61. The first-order chi connectivity index (χ1) is 15.9. The number of rotatable bonds is 11. The summed E-state index contributed by atoms with van der Waals surface area (Å²) in [7, 11) is 5.60. The first-order valence-corrected chi connectivity index (χ1v) is 12.5. The Labute approximate surface area is 202 Å². The Bertz CT molecular complexity index is 1170. The Hall–Kier alpha value is -2.60. The number of aromatic hydroxyl groups is 1. The van der Waals surface area contributed by atoms with E-state index in [0.29, 0.717) is 42.9 Å². The number of benzene rings is 1. The number of azo groups is 1. The van der Waals surface area contributed by atoms with Gasteiger partial charge in [0.2, 0.25) is 10.0 Å². The minimum Gasteiger partial charge on any atom is -0.494 e. The average Bonchev–Trinajstić information content (AvgIpc) is 2.78. The third-order valence-electron chi connectivity index (χ3n) is 5.62. The Kier molecular flexibility index (Phi) is 9.51. The van der Waals surface area contributed by atoms with Gasteiger partial charge < -0.3 is 14.9 Å². The molecule has 11 heteroatoms. The van der Waals surface area contributed by atoms with Crippen molar-refractivity contribution >= 4 is 21.4 Å². The summed E-state index contributed by atoms with van der Waals surface area (Å²) < 4.78 is 28.1. The molecule has 0 spiro atoms. The molecule has 0 aliphatic heterocycles. The lowest BCUT2D eigenvalue weighted by molar-refractivity contribution is 0.358. The second-order valence-electron chi connectivity index (χ2n) is 8.86. The maximum absolute atomic E-state index is 13.0. The first-order valence-electron chi connectivity index (χ1n) is 11.1. The number of pyridine rings is 1. The summed E-state index contributed by atoms with van der Waals surface area (Å²) in [5.41, 5.74) is 1.28. The number of hydrogen-bond acceptors (Lipinski definition) is 8. The molecule has 0 fully saturated rings. The molecule has 188 valence electrons. The molecule has 0 saturated carbocycles. The summed E-state index contributed by atoms with van der Waals surface area (Å²) in [5, 5.41) is 18.8. The van der Waals surface area contributed by atoms with E-state index in [1.807, 2.05) is 38.0 Å². The van der Waals surface area contributed by atoms with Crippen molar-refractivity contribution in [2.24, 2.45) is 10.2 Å². The largest absolute Gasteiger partial charge is 0.494 e. The fourth-order valence-electron chi connectivity index (χ4n) is 3.24. The molecule has 0 atom stereocenters. The summed E-state index contributed by atoms with van der Waals surface area (Å²) in [4.78, 5) is 17.1. The molecule has 1 heterocycles. The van der Waals surface area contributed by atoms with Crippen molar-refractivity contribution in [1.29, 1.82) is 0 Å². The molecular weight excluding hydrogens is 456 g/mol. The smallest absolute Gasteiger partial charge is 0.281 e. The second-order valence-corrected chi connectivity index (χ2v) is 10.9. The molecule has 0 unspecified atom stereocenters. The SMILES string of the molecule is Cc1c(C)c(O)n(CCCN(C)C)c(=O)c1N=Nc1ccc(S(=O)(=O)N(C)CCN(C)C)cc1.